The van der Waals surface area contributed by atoms with Crippen LogP contribution in [0.2, 0.25) is 0 Å². The van der Waals surface area contributed by atoms with Crippen LogP contribution in [-0.2, 0) is 14.3 Å². The summed E-state index contributed by atoms with van der Waals surface area (Å²) in [4.78, 5) is 22.6. The molecule has 0 aromatic heterocycles. The molecule has 2 unspecified atom stereocenters. The summed E-state index contributed by atoms with van der Waals surface area (Å²) in [5.41, 5.74) is 0. The molecule has 0 heterocycles. The Balaban J connectivity index is 2.25. The van der Waals surface area contributed by atoms with Gasteiger partial charge in [-0.2, -0.15) is 0 Å². The fraction of sp³-hybridized carbons (Fsp3) is 0.778. The number of ether oxygens (including phenoxy) is 1. The molecule has 0 aromatic carbocycles. The zero-order valence-electron chi connectivity index (χ0n) is 14.1. The summed E-state index contributed by atoms with van der Waals surface area (Å²) in [7, 11) is 0. The minimum atomic E-state index is -0.743. The third-order valence-electron chi connectivity index (χ3n) is 4.23. The van der Waals surface area contributed by atoms with Crippen LogP contribution in [0.25, 0.3) is 0 Å². The number of carbonyl (C=O) groups excluding carboxylic acids is 1. The Bertz CT molecular complexity index is 406. The van der Waals surface area contributed by atoms with Crippen LogP contribution in [0.3, 0.4) is 0 Å². The first kappa shape index (κ1) is 20.6. The third-order valence-corrected chi connectivity index (χ3v) is 5.16. The van der Waals surface area contributed by atoms with Gasteiger partial charge in [0.25, 0.3) is 0 Å². The first-order chi connectivity index (χ1) is 11.1. The van der Waals surface area contributed by atoms with Gasteiger partial charge in [-0.05, 0) is 47.9 Å². The van der Waals surface area contributed by atoms with E-state index in [-0.39, 0.29) is 24.2 Å². The molecule has 0 aliphatic heterocycles. The number of hydrogen-bond acceptors (Lipinski definition) is 3. The van der Waals surface area contributed by atoms with Crippen molar-refractivity contribution in [3.8, 4) is 0 Å². The van der Waals surface area contributed by atoms with Crippen molar-refractivity contribution in [2.75, 3.05) is 6.61 Å². The van der Waals surface area contributed by atoms with Crippen LogP contribution in [0.5, 0.6) is 0 Å². The molecule has 23 heavy (non-hydrogen) atoms. The Kier molecular flexibility index (Phi) is 10.8. The summed E-state index contributed by atoms with van der Waals surface area (Å²) in [6.45, 7) is 2.80. The highest BCUT2D eigenvalue weighted by molar-refractivity contribution is 14.1. The van der Waals surface area contributed by atoms with E-state index < -0.39 is 5.97 Å². The highest BCUT2D eigenvalue weighted by atomic mass is 127. The number of halogens is 1. The zero-order valence-corrected chi connectivity index (χ0v) is 16.2. The van der Waals surface area contributed by atoms with Crippen molar-refractivity contribution < 1.29 is 19.4 Å². The van der Waals surface area contributed by atoms with Crippen LogP contribution in [0.1, 0.15) is 71.1 Å². The first-order valence-corrected chi connectivity index (χ1v) is 9.88. The number of ketones is 1. The lowest BCUT2D eigenvalue weighted by Crippen LogP contribution is -2.25. The van der Waals surface area contributed by atoms with Gasteiger partial charge in [0.05, 0.1) is 12.0 Å². The van der Waals surface area contributed by atoms with Crippen LogP contribution in [0.15, 0.2) is 9.66 Å². The van der Waals surface area contributed by atoms with Gasteiger partial charge < -0.3 is 9.84 Å². The van der Waals surface area contributed by atoms with Gasteiger partial charge in [-0.3, -0.25) is 9.59 Å². The highest BCUT2D eigenvalue weighted by Crippen LogP contribution is 2.33. The largest absolute Gasteiger partial charge is 0.481 e. The second-order valence-corrected chi connectivity index (χ2v) is 7.48. The quantitative estimate of drug-likeness (QED) is 0.330. The van der Waals surface area contributed by atoms with E-state index in [1.807, 2.05) is 0 Å². The minimum absolute atomic E-state index is 0.0115. The number of allylic oxidation sites excluding steroid dienone is 1. The van der Waals surface area contributed by atoms with Gasteiger partial charge in [-0.15, -0.1) is 0 Å². The molecule has 2 atom stereocenters. The van der Waals surface area contributed by atoms with E-state index in [2.05, 4.69) is 29.5 Å². The van der Waals surface area contributed by atoms with Crippen LogP contribution < -0.4 is 0 Å². The molecule has 1 rings (SSSR count). The monoisotopic (exact) mass is 436 g/mol. The average molecular weight is 436 g/mol. The normalized spacial score (nSPS) is 20.8. The summed E-state index contributed by atoms with van der Waals surface area (Å²) in [6.07, 6.45) is 11.2. The maximum atomic E-state index is 12.1. The van der Waals surface area contributed by atoms with Gasteiger partial charge in [0.2, 0.25) is 0 Å². The zero-order chi connectivity index (χ0) is 17.1. The lowest BCUT2D eigenvalue weighted by Gasteiger charge is -2.20. The van der Waals surface area contributed by atoms with Gasteiger partial charge in [-0.25, -0.2) is 0 Å². The van der Waals surface area contributed by atoms with Gasteiger partial charge >= 0.3 is 5.97 Å². The Labute approximate surface area is 153 Å². The predicted octanol–water partition coefficient (Wildman–Crippen LogP) is 4.89. The predicted molar refractivity (Wildman–Crippen MR) is 99.8 cm³/mol. The van der Waals surface area contributed by atoms with Gasteiger partial charge in [0.15, 0.2) is 5.78 Å². The number of carboxylic acids is 1. The molecule has 0 spiro atoms. The molecule has 0 saturated heterocycles. The highest BCUT2D eigenvalue weighted by Gasteiger charge is 2.35. The molecule has 0 saturated carbocycles. The summed E-state index contributed by atoms with van der Waals surface area (Å²) in [6, 6.07) is 0. The fourth-order valence-corrected chi connectivity index (χ4v) is 3.81. The summed E-state index contributed by atoms with van der Waals surface area (Å²) in [5, 5.41) is 8.60. The number of carbonyl (C=O) groups is 2. The van der Waals surface area contributed by atoms with E-state index in [1.54, 1.807) is 6.08 Å². The summed E-state index contributed by atoms with van der Waals surface area (Å²) >= 11 is 2.21. The first-order valence-electron chi connectivity index (χ1n) is 8.80. The lowest BCUT2D eigenvalue weighted by atomic mass is 9.95. The van der Waals surface area contributed by atoms with E-state index in [0.29, 0.717) is 13.0 Å². The van der Waals surface area contributed by atoms with E-state index in [0.717, 1.165) is 29.3 Å². The van der Waals surface area contributed by atoms with Gasteiger partial charge in [0.1, 0.15) is 0 Å². The Morgan fingerprint density at radius 3 is 2.57 bits per heavy atom. The second kappa shape index (κ2) is 12.0. The molecule has 0 aromatic rings. The molecular weight excluding hydrogens is 407 g/mol. The average Bonchev–Trinajstić information content (AvgIpc) is 2.76. The van der Waals surface area contributed by atoms with E-state index in [9.17, 15) is 9.59 Å². The molecule has 5 heteroatoms. The van der Waals surface area contributed by atoms with Crippen molar-refractivity contribution >= 4 is 34.3 Å². The molecule has 0 amide bonds. The van der Waals surface area contributed by atoms with E-state index in [1.165, 1.54) is 25.7 Å². The van der Waals surface area contributed by atoms with Crippen molar-refractivity contribution in [1.29, 1.82) is 0 Å². The standard InChI is InChI=1S/C18H29IO4/c1-2-3-4-5-7-10-14-16(20)13-15(19)18(14)23-12-9-6-8-11-17(21)22/h13-14,18H,2-12H2,1H3,(H,21,22). The molecular formula is C18H29IO4. The molecule has 1 N–H and O–H groups in total. The molecule has 0 bridgehead atoms. The molecule has 1 aliphatic rings. The molecule has 132 valence electrons. The minimum Gasteiger partial charge on any atom is -0.481 e. The molecule has 4 nitrogen and oxygen atoms in total. The van der Waals surface area contributed by atoms with Crippen LogP contribution in [0, 0.1) is 5.92 Å². The van der Waals surface area contributed by atoms with Crippen molar-refractivity contribution in [2.24, 2.45) is 5.92 Å². The smallest absolute Gasteiger partial charge is 0.303 e. The van der Waals surface area contributed by atoms with Crippen molar-refractivity contribution in [2.45, 2.75) is 77.2 Å². The second-order valence-electron chi connectivity index (χ2n) is 6.24. The number of hydrogen-bond donors (Lipinski definition) is 1. The SMILES string of the molecule is CCCCCCCC1C(=O)C=C(I)C1OCCCCCC(=O)O. The fourth-order valence-electron chi connectivity index (χ4n) is 2.89. The lowest BCUT2D eigenvalue weighted by molar-refractivity contribution is -0.137. The molecule has 1 aliphatic carbocycles. The van der Waals surface area contributed by atoms with Crippen LogP contribution in [-0.4, -0.2) is 29.6 Å². The van der Waals surface area contributed by atoms with Crippen molar-refractivity contribution in [1.82, 2.24) is 0 Å². The Hall–Kier alpha value is -0.430. The topological polar surface area (TPSA) is 63.6 Å². The third kappa shape index (κ3) is 8.29. The molecule has 0 radical (unpaired) electrons. The molecule has 0 fully saturated rings. The van der Waals surface area contributed by atoms with Crippen molar-refractivity contribution in [3.63, 3.8) is 0 Å². The number of rotatable bonds is 13. The van der Waals surface area contributed by atoms with Crippen LogP contribution in [0.4, 0.5) is 0 Å². The van der Waals surface area contributed by atoms with E-state index in [4.69, 9.17) is 9.84 Å². The number of carboxylic acid groups (broad SMARTS) is 1. The maximum Gasteiger partial charge on any atom is 0.303 e. The van der Waals surface area contributed by atoms with E-state index >= 15 is 0 Å². The van der Waals surface area contributed by atoms with Crippen molar-refractivity contribution in [3.05, 3.63) is 9.66 Å². The Morgan fingerprint density at radius 1 is 1.17 bits per heavy atom. The number of aliphatic carboxylic acids is 1. The number of unbranched alkanes of at least 4 members (excludes halogenated alkanes) is 6. The maximum absolute atomic E-state index is 12.1. The Morgan fingerprint density at radius 2 is 1.87 bits per heavy atom. The summed E-state index contributed by atoms with van der Waals surface area (Å²) in [5.74, 6) is -0.545. The van der Waals surface area contributed by atoms with Crippen LogP contribution >= 0.6 is 22.6 Å². The summed E-state index contributed by atoms with van der Waals surface area (Å²) < 4.78 is 6.95. The van der Waals surface area contributed by atoms with Gasteiger partial charge in [-0.1, -0.05) is 45.4 Å². The van der Waals surface area contributed by atoms with Gasteiger partial charge in [0, 0.05) is 16.6 Å².